The lowest BCUT2D eigenvalue weighted by atomic mass is 9.95. The first-order valence-corrected chi connectivity index (χ1v) is 5.08. The Hall–Kier alpha value is -1.00. The third kappa shape index (κ3) is 3.25. The number of hydrogen-bond donors (Lipinski definition) is 1. The molecular formula is C12H17F2NO. The molecule has 2 nitrogen and oxygen atoms in total. The van der Waals surface area contributed by atoms with Crippen LogP contribution in [0.1, 0.15) is 25.0 Å². The highest BCUT2D eigenvalue weighted by molar-refractivity contribution is 5.27. The third-order valence-electron chi connectivity index (χ3n) is 2.19. The third-order valence-corrected chi connectivity index (χ3v) is 2.19. The van der Waals surface area contributed by atoms with Crippen molar-refractivity contribution < 1.29 is 13.5 Å². The van der Waals surface area contributed by atoms with Gasteiger partial charge in [0.05, 0.1) is 6.61 Å². The SMILES string of the molecule is COCc1ccc(CC(C)(C)N)c(F)c1F. The Bertz CT molecular complexity index is 372. The van der Waals surface area contributed by atoms with E-state index in [4.69, 9.17) is 10.5 Å². The lowest BCUT2D eigenvalue weighted by Crippen LogP contribution is -2.34. The van der Waals surface area contributed by atoms with Crippen LogP contribution in [0.15, 0.2) is 12.1 Å². The van der Waals surface area contributed by atoms with E-state index < -0.39 is 17.2 Å². The topological polar surface area (TPSA) is 35.2 Å². The lowest BCUT2D eigenvalue weighted by molar-refractivity contribution is 0.180. The van der Waals surface area contributed by atoms with Crippen LogP contribution in [-0.4, -0.2) is 12.6 Å². The van der Waals surface area contributed by atoms with E-state index >= 15 is 0 Å². The number of hydrogen-bond acceptors (Lipinski definition) is 2. The van der Waals surface area contributed by atoms with Gasteiger partial charge in [-0.1, -0.05) is 12.1 Å². The van der Waals surface area contributed by atoms with E-state index in [1.807, 2.05) is 0 Å². The van der Waals surface area contributed by atoms with Gasteiger partial charge < -0.3 is 10.5 Å². The number of rotatable bonds is 4. The molecule has 0 saturated heterocycles. The summed E-state index contributed by atoms with van der Waals surface area (Å²) in [4.78, 5) is 0. The maximum absolute atomic E-state index is 13.6. The number of benzene rings is 1. The molecule has 4 heteroatoms. The zero-order valence-corrected chi connectivity index (χ0v) is 9.81. The van der Waals surface area contributed by atoms with Crippen molar-refractivity contribution in [2.24, 2.45) is 5.73 Å². The Labute approximate surface area is 94.4 Å². The Kier molecular flexibility index (Phi) is 3.99. The van der Waals surface area contributed by atoms with E-state index in [-0.39, 0.29) is 12.2 Å². The molecule has 1 aromatic carbocycles. The molecule has 0 atom stereocenters. The normalized spacial score (nSPS) is 11.9. The quantitative estimate of drug-likeness (QED) is 0.860. The minimum absolute atomic E-state index is 0.0645. The van der Waals surface area contributed by atoms with Crippen molar-refractivity contribution in [1.82, 2.24) is 0 Å². The molecule has 16 heavy (non-hydrogen) atoms. The fourth-order valence-electron chi connectivity index (χ4n) is 1.52. The molecule has 0 saturated carbocycles. The molecule has 0 unspecified atom stereocenters. The van der Waals surface area contributed by atoms with Gasteiger partial charge in [0.2, 0.25) is 0 Å². The van der Waals surface area contributed by atoms with Gasteiger partial charge in [0, 0.05) is 18.2 Å². The van der Waals surface area contributed by atoms with Gasteiger partial charge in [-0.2, -0.15) is 0 Å². The van der Waals surface area contributed by atoms with Crippen molar-refractivity contribution >= 4 is 0 Å². The van der Waals surface area contributed by atoms with Crippen molar-refractivity contribution in [3.8, 4) is 0 Å². The summed E-state index contributed by atoms with van der Waals surface area (Å²) < 4.78 is 31.9. The molecule has 0 heterocycles. The first-order chi connectivity index (χ1) is 7.35. The fraction of sp³-hybridized carbons (Fsp3) is 0.500. The monoisotopic (exact) mass is 229 g/mol. The first-order valence-electron chi connectivity index (χ1n) is 5.08. The number of halogens is 2. The molecule has 0 bridgehead atoms. The van der Waals surface area contributed by atoms with E-state index in [0.717, 1.165) is 0 Å². The zero-order valence-electron chi connectivity index (χ0n) is 9.81. The number of nitrogens with two attached hydrogens (primary N) is 1. The molecule has 2 N–H and O–H groups in total. The van der Waals surface area contributed by atoms with Gasteiger partial charge in [-0.15, -0.1) is 0 Å². The van der Waals surface area contributed by atoms with Crippen LogP contribution in [0.3, 0.4) is 0 Å². The highest BCUT2D eigenvalue weighted by Crippen LogP contribution is 2.20. The minimum Gasteiger partial charge on any atom is -0.380 e. The summed E-state index contributed by atoms with van der Waals surface area (Å²) in [5, 5.41) is 0. The van der Waals surface area contributed by atoms with E-state index in [1.165, 1.54) is 13.2 Å². The van der Waals surface area contributed by atoms with Gasteiger partial charge in [0.25, 0.3) is 0 Å². The van der Waals surface area contributed by atoms with Crippen LogP contribution in [0, 0.1) is 11.6 Å². The second-order valence-corrected chi connectivity index (χ2v) is 4.61. The van der Waals surface area contributed by atoms with Crippen molar-refractivity contribution in [1.29, 1.82) is 0 Å². The second-order valence-electron chi connectivity index (χ2n) is 4.61. The van der Waals surface area contributed by atoms with E-state index in [2.05, 4.69) is 0 Å². The second kappa shape index (κ2) is 4.89. The Balaban J connectivity index is 3.02. The maximum atomic E-state index is 13.6. The lowest BCUT2D eigenvalue weighted by Gasteiger charge is -2.19. The molecule has 0 aliphatic carbocycles. The summed E-state index contributed by atoms with van der Waals surface area (Å²) in [7, 11) is 1.44. The number of methoxy groups -OCH3 is 1. The molecular weight excluding hydrogens is 212 g/mol. The van der Waals surface area contributed by atoms with Gasteiger partial charge in [0.1, 0.15) is 0 Å². The van der Waals surface area contributed by atoms with Crippen LogP contribution >= 0.6 is 0 Å². The minimum atomic E-state index is -0.844. The van der Waals surface area contributed by atoms with Crippen LogP contribution in [0.2, 0.25) is 0 Å². The predicted octanol–water partition coefficient (Wildman–Crippen LogP) is 2.39. The molecule has 90 valence electrons. The molecule has 1 rings (SSSR count). The Morgan fingerprint density at radius 2 is 1.69 bits per heavy atom. The van der Waals surface area contributed by atoms with Crippen LogP contribution < -0.4 is 5.73 Å². The average molecular weight is 229 g/mol. The Morgan fingerprint density at radius 3 is 2.19 bits per heavy atom. The molecule has 0 radical (unpaired) electrons. The van der Waals surface area contributed by atoms with Crippen molar-refractivity contribution in [2.75, 3.05) is 7.11 Å². The molecule has 0 amide bonds. The fourth-order valence-corrected chi connectivity index (χ4v) is 1.52. The molecule has 0 aliphatic heterocycles. The smallest absolute Gasteiger partial charge is 0.164 e. The molecule has 0 fully saturated rings. The first kappa shape index (κ1) is 13.1. The van der Waals surface area contributed by atoms with Gasteiger partial charge in [0.15, 0.2) is 11.6 Å². The summed E-state index contributed by atoms with van der Waals surface area (Å²) in [6.45, 7) is 3.61. The zero-order chi connectivity index (χ0) is 12.3. The summed E-state index contributed by atoms with van der Waals surface area (Å²) in [5.74, 6) is -1.67. The summed E-state index contributed by atoms with van der Waals surface area (Å²) in [6, 6.07) is 3.09. The van der Waals surface area contributed by atoms with Gasteiger partial charge in [-0.3, -0.25) is 0 Å². The Morgan fingerprint density at radius 1 is 1.19 bits per heavy atom. The largest absolute Gasteiger partial charge is 0.380 e. The maximum Gasteiger partial charge on any atom is 0.164 e. The summed E-state index contributed by atoms with van der Waals surface area (Å²) in [6.07, 6.45) is 0.295. The molecule has 0 aliphatic rings. The van der Waals surface area contributed by atoms with Gasteiger partial charge >= 0.3 is 0 Å². The van der Waals surface area contributed by atoms with Crippen LogP contribution in [-0.2, 0) is 17.8 Å². The van der Waals surface area contributed by atoms with Crippen molar-refractivity contribution in [3.05, 3.63) is 34.9 Å². The highest BCUT2D eigenvalue weighted by Gasteiger charge is 2.18. The molecule has 0 spiro atoms. The average Bonchev–Trinajstić information content (AvgIpc) is 2.16. The standard InChI is InChI=1S/C12H17F2NO/c1-12(2,15)6-8-4-5-9(7-16-3)11(14)10(8)13/h4-5H,6-7,15H2,1-3H3. The highest BCUT2D eigenvalue weighted by atomic mass is 19.2. The predicted molar refractivity (Wildman–Crippen MR) is 59.0 cm³/mol. The van der Waals surface area contributed by atoms with Crippen molar-refractivity contribution in [2.45, 2.75) is 32.4 Å². The summed E-state index contributed by atoms with van der Waals surface area (Å²) >= 11 is 0. The van der Waals surface area contributed by atoms with E-state index in [9.17, 15) is 8.78 Å². The molecule has 0 aromatic heterocycles. The van der Waals surface area contributed by atoms with Crippen LogP contribution in [0.25, 0.3) is 0 Å². The van der Waals surface area contributed by atoms with E-state index in [0.29, 0.717) is 12.0 Å². The van der Waals surface area contributed by atoms with Gasteiger partial charge in [-0.05, 0) is 25.8 Å². The van der Waals surface area contributed by atoms with E-state index in [1.54, 1.807) is 19.9 Å². The number of ether oxygens (including phenoxy) is 1. The van der Waals surface area contributed by atoms with Crippen molar-refractivity contribution in [3.63, 3.8) is 0 Å². The summed E-state index contributed by atoms with van der Waals surface area (Å²) in [5.41, 5.74) is 5.73. The van der Waals surface area contributed by atoms with Crippen LogP contribution in [0.4, 0.5) is 8.78 Å². The van der Waals surface area contributed by atoms with Crippen LogP contribution in [0.5, 0.6) is 0 Å². The molecule has 1 aromatic rings. The van der Waals surface area contributed by atoms with Gasteiger partial charge in [-0.25, -0.2) is 8.78 Å².